The predicted octanol–water partition coefficient (Wildman–Crippen LogP) is 0.883. The summed E-state index contributed by atoms with van der Waals surface area (Å²) in [5.74, 6) is 1.56. The van der Waals surface area contributed by atoms with Crippen LogP contribution in [0.3, 0.4) is 0 Å². The lowest BCUT2D eigenvalue weighted by Crippen LogP contribution is -2.62. The molecule has 1 fully saturated rings. The Bertz CT molecular complexity index is 345. The molecule has 3 N–H and O–H groups in total. The Kier molecular flexibility index (Phi) is 4.02. The number of nitrogens with two attached hydrogens (primary N) is 1. The molecule has 2 rings (SSSR count). The smallest absolute Gasteiger partial charge is 0.122 e. The summed E-state index contributed by atoms with van der Waals surface area (Å²) in [6, 6.07) is 5.77. The van der Waals surface area contributed by atoms with Crippen molar-refractivity contribution >= 4 is 12.4 Å². The topological polar surface area (TPSA) is 56.5 Å². The van der Waals surface area contributed by atoms with Crippen LogP contribution in [0.1, 0.15) is 5.56 Å². The zero-order valence-corrected chi connectivity index (χ0v) is 10.3. The second kappa shape index (κ2) is 4.91. The Morgan fingerprint density at radius 2 is 1.62 bits per heavy atom. The molecule has 0 bridgehead atoms. The minimum atomic E-state index is -0.276. The van der Waals surface area contributed by atoms with E-state index in [2.05, 4.69) is 5.32 Å². The third-order valence-corrected chi connectivity index (χ3v) is 2.81. The van der Waals surface area contributed by atoms with Gasteiger partial charge in [-0.1, -0.05) is 0 Å². The van der Waals surface area contributed by atoms with E-state index in [1.807, 2.05) is 18.2 Å². The number of ether oxygens (including phenoxy) is 2. The summed E-state index contributed by atoms with van der Waals surface area (Å²) in [5, 5.41) is 3.17. The summed E-state index contributed by atoms with van der Waals surface area (Å²) in [4.78, 5) is 0. The molecule has 1 aliphatic rings. The summed E-state index contributed by atoms with van der Waals surface area (Å²) in [5.41, 5.74) is 6.97. The van der Waals surface area contributed by atoms with Crippen molar-refractivity contribution in [3.63, 3.8) is 0 Å². The van der Waals surface area contributed by atoms with Crippen LogP contribution >= 0.6 is 12.4 Å². The van der Waals surface area contributed by atoms with Gasteiger partial charge < -0.3 is 20.5 Å². The maximum atomic E-state index is 6.20. The third kappa shape index (κ3) is 2.24. The first kappa shape index (κ1) is 13.1. The molecule has 0 unspecified atom stereocenters. The van der Waals surface area contributed by atoms with Crippen molar-refractivity contribution in [1.29, 1.82) is 0 Å². The quantitative estimate of drug-likeness (QED) is 0.829. The molecule has 0 radical (unpaired) electrons. The van der Waals surface area contributed by atoms with Gasteiger partial charge >= 0.3 is 0 Å². The van der Waals surface area contributed by atoms with Gasteiger partial charge in [-0.15, -0.1) is 12.4 Å². The van der Waals surface area contributed by atoms with Gasteiger partial charge in [-0.05, 0) is 17.7 Å². The summed E-state index contributed by atoms with van der Waals surface area (Å²) in [7, 11) is 3.28. The molecular weight excluding hydrogens is 228 g/mol. The predicted molar refractivity (Wildman–Crippen MR) is 65.5 cm³/mol. The minimum absolute atomic E-state index is 0. The second-order valence-electron chi connectivity index (χ2n) is 3.86. The van der Waals surface area contributed by atoms with E-state index in [0.29, 0.717) is 0 Å². The van der Waals surface area contributed by atoms with E-state index < -0.39 is 0 Å². The van der Waals surface area contributed by atoms with Crippen molar-refractivity contribution in [2.24, 2.45) is 5.73 Å². The average Bonchev–Trinajstić information content (AvgIpc) is 2.25. The summed E-state index contributed by atoms with van der Waals surface area (Å²) < 4.78 is 10.4. The maximum Gasteiger partial charge on any atom is 0.122 e. The summed E-state index contributed by atoms with van der Waals surface area (Å²) in [6.45, 7) is 1.59. The molecular formula is C11H17ClN2O2. The standard InChI is InChI=1S/C11H16N2O2.ClH/c1-14-9-3-8(4-10(5-9)15-2)11(12)6-13-7-11;/h3-5,13H,6-7,12H2,1-2H3;1H. The van der Waals surface area contributed by atoms with Gasteiger partial charge in [0.15, 0.2) is 0 Å². The van der Waals surface area contributed by atoms with Crippen LogP contribution in [0, 0.1) is 0 Å². The Morgan fingerprint density at radius 3 is 1.94 bits per heavy atom. The zero-order valence-electron chi connectivity index (χ0n) is 9.45. The van der Waals surface area contributed by atoms with Crippen LogP contribution in [-0.4, -0.2) is 27.3 Å². The second-order valence-corrected chi connectivity index (χ2v) is 3.86. The normalized spacial score (nSPS) is 16.9. The Labute approximate surface area is 102 Å². The van der Waals surface area contributed by atoms with Crippen LogP contribution in [0.25, 0.3) is 0 Å². The van der Waals surface area contributed by atoms with Crippen molar-refractivity contribution in [1.82, 2.24) is 5.32 Å². The van der Waals surface area contributed by atoms with E-state index in [1.54, 1.807) is 14.2 Å². The molecule has 0 aliphatic carbocycles. The van der Waals surface area contributed by atoms with E-state index in [0.717, 1.165) is 30.2 Å². The lowest BCUT2D eigenvalue weighted by Gasteiger charge is -2.39. The fourth-order valence-corrected chi connectivity index (χ4v) is 1.69. The number of benzene rings is 1. The first-order chi connectivity index (χ1) is 7.18. The monoisotopic (exact) mass is 244 g/mol. The molecule has 1 aromatic carbocycles. The van der Waals surface area contributed by atoms with Crippen LogP contribution in [0.2, 0.25) is 0 Å². The van der Waals surface area contributed by atoms with Crippen LogP contribution in [0.5, 0.6) is 11.5 Å². The van der Waals surface area contributed by atoms with Gasteiger partial charge in [0, 0.05) is 19.2 Å². The highest BCUT2D eigenvalue weighted by atomic mass is 35.5. The van der Waals surface area contributed by atoms with Gasteiger partial charge in [0.25, 0.3) is 0 Å². The third-order valence-electron chi connectivity index (χ3n) is 2.81. The van der Waals surface area contributed by atoms with Crippen molar-refractivity contribution in [2.45, 2.75) is 5.54 Å². The Morgan fingerprint density at radius 1 is 1.12 bits per heavy atom. The highest BCUT2D eigenvalue weighted by Gasteiger charge is 2.34. The lowest BCUT2D eigenvalue weighted by atomic mass is 9.85. The van der Waals surface area contributed by atoms with Crippen LogP contribution < -0.4 is 20.5 Å². The fourth-order valence-electron chi connectivity index (χ4n) is 1.69. The molecule has 1 aliphatic heterocycles. The van der Waals surface area contributed by atoms with Gasteiger partial charge in [0.2, 0.25) is 0 Å². The van der Waals surface area contributed by atoms with Crippen molar-refractivity contribution in [2.75, 3.05) is 27.3 Å². The number of hydrogen-bond acceptors (Lipinski definition) is 4. The van der Waals surface area contributed by atoms with Gasteiger partial charge in [0.1, 0.15) is 11.5 Å². The zero-order chi connectivity index (χ0) is 10.9. The molecule has 0 atom stereocenters. The molecule has 1 heterocycles. The van der Waals surface area contributed by atoms with Gasteiger partial charge in [0.05, 0.1) is 19.8 Å². The lowest BCUT2D eigenvalue weighted by molar-refractivity contribution is 0.284. The maximum absolute atomic E-state index is 6.20. The number of rotatable bonds is 3. The number of hydrogen-bond donors (Lipinski definition) is 2. The molecule has 5 heteroatoms. The molecule has 4 nitrogen and oxygen atoms in total. The molecule has 0 aromatic heterocycles. The summed E-state index contributed by atoms with van der Waals surface area (Å²) >= 11 is 0. The highest BCUT2D eigenvalue weighted by Crippen LogP contribution is 2.30. The van der Waals surface area contributed by atoms with E-state index in [-0.39, 0.29) is 17.9 Å². The molecule has 0 saturated carbocycles. The van der Waals surface area contributed by atoms with Crippen molar-refractivity contribution in [3.8, 4) is 11.5 Å². The molecule has 16 heavy (non-hydrogen) atoms. The Hall–Kier alpha value is -0.970. The van der Waals surface area contributed by atoms with Crippen molar-refractivity contribution < 1.29 is 9.47 Å². The Balaban J connectivity index is 0.00000128. The summed E-state index contributed by atoms with van der Waals surface area (Å²) in [6.07, 6.45) is 0. The van der Waals surface area contributed by atoms with E-state index in [4.69, 9.17) is 15.2 Å². The molecule has 1 saturated heterocycles. The van der Waals surface area contributed by atoms with Gasteiger partial charge in [-0.3, -0.25) is 0 Å². The van der Waals surface area contributed by atoms with Crippen LogP contribution in [0.15, 0.2) is 18.2 Å². The largest absolute Gasteiger partial charge is 0.497 e. The number of methoxy groups -OCH3 is 2. The van der Waals surface area contributed by atoms with Gasteiger partial charge in [-0.2, -0.15) is 0 Å². The first-order valence-electron chi connectivity index (χ1n) is 4.91. The molecule has 1 aromatic rings. The molecule has 0 amide bonds. The molecule has 90 valence electrons. The fraction of sp³-hybridized carbons (Fsp3) is 0.455. The van der Waals surface area contributed by atoms with Crippen molar-refractivity contribution in [3.05, 3.63) is 23.8 Å². The van der Waals surface area contributed by atoms with Gasteiger partial charge in [-0.25, -0.2) is 0 Å². The van der Waals surface area contributed by atoms with Crippen LogP contribution in [-0.2, 0) is 5.54 Å². The van der Waals surface area contributed by atoms with E-state index >= 15 is 0 Å². The van der Waals surface area contributed by atoms with E-state index in [9.17, 15) is 0 Å². The highest BCUT2D eigenvalue weighted by molar-refractivity contribution is 5.85. The minimum Gasteiger partial charge on any atom is -0.497 e. The molecule has 0 spiro atoms. The first-order valence-corrected chi connectivity index (χ1v) is 4.91. The number of halogens is 1. The average molecular weight is 245 g/mol. The van der Waals surface area contributed by atoms with Crippen LogP contribution in [0.4, 0.5) is 0 Å². The SMILES string of the molecule is COc1cc(OC)cc(C2(N)CNC2)c1.Cl. The van der Waals surface area contributed by atoms with E-state index in [1.165, 1.54) is 0 Å². The number of nitrogens with one attached hydrogen (secondary N) is 1.